The Hall–Kier alpha value is -0.930. The van der Waals surface area contributed by atoms with E-state index in [2.05, 4.69) is 0 Å². The summed E-state index contributed by atoms with van der Waals surface area (Å²) in [4.78, 5) is 11.7. The number of aliphatic hydroxyl groups excluding tert-OH is 7. The van der Waals surface area contributed by atoms with E-state index in [1.807, 2.05) is 0 Å². The van der Waals surface area contributed by atoms with Crippen LogP contribution in [0.4, 0.5) is 0 Å². The van der Waals surface area contributed by atoms with E-state index in [1.54, 1.807) is 0 Å². The van der Waals surface area contributed by atoms with Gasteiger partial charge in [0.1, 0.15) is 36.6 Å². The molecular formula is C13H22O12. The number of rotatable bonds is 6. The van der Waals surface area contributed by atoms with Gasteiger partial charge in [-0.2, -0.15) is 0 Å². The molecule has 0 aromatic rings. The number of carbonyl (C=O) groups is 1. The molecule has 2 rings (SSSR count). The maximum absolute atomic E-state index is 11.7. The first kappa shape index (κ1) is 20.4. The van der Waals surface area contributed by atoms with Crippen LogP contribution in [0.25, 0.3) is 0 Å². The van der Waals surface area contributed by atoms with Gasteiger partial charge in [-0.05, 0) is 0 Å². The Morgan fingerprint density at radius 1 is 1.20 bits per heavy atom. The highest BCUT2D eigenvalue weighted by Gasteiger charge is 2.58. The van der Waals surface area contributed by atoms with Crippen LogP contribution in [0.1, 0.15) is 6.42 Å². The van der Waals surface area contributed by atoms with Crippen molar-refractivity contribution in [3.8, 4) is 0 Å². The molecule has 0 aliphatic carbocycles. The predicted molar refractivity (Wildman–Crippen MR) is 73.8 cm³/mol. The number of aliphatic carboxylic acids is 1. The molecule has 9 atom stereocenters. The number of ether oxygens (including phenoxy) is 3. The second-order valence-electron chi connectivity index (χ2n) is 5.97. The van der Waals surface area contributed by atoms with Gasteiger partial charge in [-0.1, -0.05) is 0 Å². The van der Waals surface area contributed by atoms with Gasteiger partial charge in [0.05, 0.1) is 19.3 Å². The summed E-state index contributed by atoms with van der Waals surface area (Å²) in [6.45, 7) is -1.61. The molecule has 2 aliphatic rings. The van der Waals surface area contributed by atoms with Crippen molar-refractivity contribution in [2.75, 3.05) is 13.2 Å². The molecular weight excluding hydrogens is 348 g/mol. The van der Waals surface area contributed by atoms with E-state index >= 15 is 0 Å². The van der Waals surface area contributed by atoms with E-state index in [-0.39, 0.29) is 0 Å². The molecule has 2 heterocycles. The standard InChI is InChI=1S/C13H22O12/c14-2-5(17)9-7(18)4(16)1-13(24-9,12(21)22)25-10-6(3-15)23-11(20)8(10)19/h4-11,14-20H,1-3H2,(H,21,22)/t4-,5-,6-,7-,8-,9-,10-,11-,13+/m1/s1. The summed E-state index contributed by atoms with van der Waals surface area (Å²) in [6, 6.07) is 0. The van der Waals surface area contributed by atoms with Gasteiger partial charge in [-0.25, -0.2) is 4.79 Å². The van der Waals surface area contributed by atoms with Crippen LogP contribution in [-0.2, 0) is 19.0 Å². The minimum atomic E-state index is -2.63. The van der Waals surface area contributed by atoms with Crippen LogP contribution in [-0.4, -0.2) is 115 Å². The molecule has 0 radical (unpaired) electrons. The average Bonchev–Trinajstić information content (AvgIpc) is 2.84. The van der Waals surface area contributed by atoms with Gasteiger partial charge in [0.2, 0.25) is 0 Å². The Bertz CT molecular complexity index is 474. The number of carboxylic acid groups (broad SMARTS) is 1. The zero-order valence-corrected chi connectivity index (χ0v) is 13.0. The monoisotopic (exact) mass is 370 g/mol. The fourth-order valence-electron chi connectivity index (χ4n) is 2.86. The maximum Gasteiger partial charge on any atom is 0.364 e. The second-order valence-corrected chi connectivity index (χ2v) is 5.97. The van der Waals surface area contributed by atoms with Crippen molar-refractivity contribution in [2.24, 2.45) is 0 Å². The van der Waals surface area contributed by atoms with Gasteiger partial charge in [-0.15, -0.1) is 0 Å². The third-order valence-corrected chi connectivity index (χ3v) is 4.24. The Morgan fingerprint density at radius 2 is 1.84 bits per heavy atom. The molecule has 12 heteroatoms. The van der Waals surface area contributed by atoms with E-state index in [4.69, 9.17) is 19.3 Å². The van der Waals surface area contributed by atoms with E-state index in [0.717, 1.165) is 0 Å². The summed E-state index contributed by atoms with van der Waals surface area (Å²) >= 11 is 0. The minimum Gasteiger partial charge on any atom is -0.477 e. The van der Waals surface area contributed by atoms with E-state index in [1.165, 1.54) is 0 Å². The molecule has 2 aliphatic heterocycles. The topological polar surface area (TPSA) is 207 Å². The fraction of sp³-hybridized carbons (Fsp3) is 0.923. The van der Waals surface area contributed by atoms with E-state index in [0.29, 0.717) is 0 Å². The molecule has 0 aromatic heterocycles. The van der Waals surface area contributed by atoms with Crippen LogP contribution in [0.5, 0.6) is 0 Å². The van der Waals surface area contributed by atoms with Crippen LogP contribution < -0.4 is 0 Å². The highest BCUT2D eigenvalue weighted by atomic mass is 16.8. The lowest BCUT2D eigenvalue weighted by Crippen LogP contribution is -2.64. The van der Waals surface area contributed by atoms with Crippen molar-refractivity contribution in [3.63, 3.8) is 0 Å². The molecule has 0 spiro atoms. The first-order chi connectivity index (χ1) is 11.7. The molecule has 12 nitrogen and oxygen atoms in total. The van der Waals surface area contributed by atoms with Crippen LogP contribution in [0, 0.1) is 0 Å². The van der Waals surface area contributed by atoms with Gasteiger partial charge >= 0.3 is 5.97 Å². The summed E-state index contributed by atoms with van der Waals surface area (Å²) in [5, 5.41) is 76.5. The lowest BCUT2D eigenvalue weighted by Gasteiger charge is -2.45. The maximum atomic E-state index is 11.7. The van der Waals surface area contributed by atoms with Crippen LogP contribution in [0.3, 0.4) is 0 Å². The van der Waals surface area contributed by atoms with Crippen molar-refractivity contribution in [1.29, 1.82) is 0 Å². The first-order valence-electron chi connectivity index (χ1n) is 7.53. The highest BCUT2D eigenvalue weighted by molar-refractivity contribution is 5.76. The molecule has 0 bridgehead atoms. The molecule has 2 saturated heterocycles. The number of hydrogen-bond acceptors (Lipinski definition) is 11. The molecule has 146 valence electrons. The SMILES string of the molecule is O=C(O)[C@@]1(O[C@H]2[C@@H](O)[C@H](O)O[C@@H]2CO)C[C@@H](O)[C@@H](O)[C@@H]([C@H](O)CO)O1. The molecule has 0 unspecified atom stereocenters. The lowest BCUT2D eigenvalue weighted by atomic mass is 9.92. The Morgan fingerprint density at radius 3 is 2.36 bits per heavy atom. The second kappa shape index (κ2) is 7.75. The van der Waals surface area contributed by atoms with Crippen LogP contribution >= 0.6 is 0 Å². The summed E-state index contributed by atoms with van der Waals surface area (Å²) in [6.07, 6.45) is -13.9. The zero-order chi connectivity index (χ0) is 18.9. The Kier molecular flexibility index (Phi) is 6.32. The van der Waals surface area contributed by atoms with Gasteiger partial charge in [0.25, 0.3) is 5.79 Å². The molecule has 25 heavy (non-hydrogen) atoms. The summed E-state index contributed by atoms with van der Waals surface area (Å²) in [5.41, 5.74) is 0. The van der Waals surface area contributed by atoms with Crippen molar-refractivity contribution in [3.05, 3.63) is 0 Å². The van der Waals surface area contributed by atoms with Gasteiger partial charge in [0.15, 0.2) is 6.29 Å². The minimum absolute atomic E-state index is 0.720. The smallest absolute Gasteiger partial charge is 0.364 e. The van der Waals surface area contributed by atoms with Crippen molar-refractivity contribution >= 4 is 5.97 Å². The summed E-state index contributed by atoms with van der Waals surface area (Å²) in [7, 11) is 0. The van der Waals surface area contributed by atoms with Crippen LogP contribution in [0.15, 0.2) is 0 Å². The molecule has 0 aromatic carbocycles. The highest BCUT2D eigenvalue weighted by Crippen LogP contribution is 2.36. The Balaban J connectivity index is 2.30. The molecule has 8 N–H and O–H groups in total. The normalized spacial score (nSPS) is 46.1. The zero-order valence-electron chi connectivity index (χ0n) is 13.0. The lowest BCUT2D eigenvalue weighted by molar-refractivity contribution is -0.340. The van der Waals surface area contributed by atoms with Crippen molar-refractivity contribution in [2.45, 2.75) is 61.2 Å². The first-order valence-corrected chi connectivity index (χ1v) is 7.53. The average molecular weight is 370 g/mol. The third kappa shape index (κ3) is 3.78. The van der Waals surface area contributed by atoms with Crippen molar-refractivity contribution in [1.82, 2.24) is 0 Å². The Labute approximate surface area is 141 Å². The predicted octanol–water partition coefficient (Wildman–Crippen LogP) is -4.91. The van der Waals surface area contributed by atoms with E-state index < -0.39 is 80.4 Å². The molecule has 2 fully saturated rings. The van der Waals surface area contributed by atoms with Gasteiger partial charge < -0.3 is 55.1 Å². The fourth-order valence-corrected chi connectivity index (χ4v) is 2.86. The number of hydrogen-bond donors (Lipinski definition) is 8. The largest absolute Gasteiger partial charge is 0.477 e. The van der Waals surface area contributed by atoms with Crippen LogP contribution in [0.2, 0.25) is 0 Å². The third-order valence-electron chi connectivity index (χ3n) is 4.24. The quantitative estimate of drug-likeness (QED) is 0.221. The van der Waals surface area contributed by atoms with E-state index in [9.17, 15) is 40.5 Å². The summed E-state index contributed by atoms with van der Waals surface area (Å²) in [5.74, 6) is -4.38. The molecule has 0 amide bonds. The van der Waals surface area contributed by atoms with Crippen molar-refractivity contribution < 1.29 is 59.9 Å². The number of carboxylic acids is 1. The van der Waals surface area contributed by atoms with Gasteiger partial charge in [0, 0.05) is 6.42 Å². The number of aliphatic hydroxyl groups is 7. The molecule has 0 saturated carbocycles. The van der Waals surface area contributed by atoms with Gasteiger partial charge in [-0.3, -0.25) is 0 Å². The summed E-state index contributed by atoms with van der Waals surface area (Å²) < 4.78 is 15.2.